The summed E-state index contributed by atoms with van der Waals surface area (Å²) < 4.78 is 68.3. The molecule has 3 aromatic carbocycles. The van der Waals surface area contributed by atoms with Gasteiger partial charge in [-0.25, -0.2) is 8.42 Å². The van der Waals surface area contributed by atoms with Crippen LogP contribution in [0.5, 0.6) is 0 Å². The summed E-state index contributed by atoms with van der Waals surface area (Å²) in [6.07, 6.45) is -2.41. The summed E-state index contributed by atoms with van der Waals surface area (Å²) >= 11 is 0. The second kappa shape index (κ2) is 10.5. The van der Waals surface area contributed by atoms with E-state index < -0.39 is 27.7 Å². The Labute approximate surface area is 220 Å². The van der Waals surface area contributed by atoms with Crippen LogP contribution in [-0.2, 0) is 21.0 Å². The summed E-state index contributed by atoms with van der Waals surface area (Å²) in [5, 5.41) is 0. The monoisotopic (exact) mass is 542 g/mol. The molecule has 200 valence electrons. The summed E-state index contributed by atoms with van der Waals surface area (Å²) in [5.74, 6) is -0.512. The zero-order valence-electron chi connectivity index (χ0n) is 20.7. The number of carbonyl (C=O) groups excluding carboxylic acids is 1. The van der Waals surface area contributed by atoms with Gasteiger partial charge in [0.1, 0.15) is 0 Å². The third-order valence-corrected chi connectivity index (χ3v) is 9.29. The van der Waals surface area contributed by atoms with E-state index in [2.05, 4.69) is 0 Å². The topological polar surface area (TPSA) is 57.7 Å². The molecule has 0 bridgehead atoms. The van der Waals surface area contributed by atoms with Crippen molar-refractivity contribution in [2.45, 2.75) is 54.8 Å². The molecule has 0 atom stereocenters. The van der Waals surface area contributed by atoms with E-state index in [1.165, 1.54) is 10.4 Å². The number of amides is 1. The van der Waals surface area contributed by atoms with E-state index in [9.17, 15) is 26.4 Å². The van der Waals surface area contributed by atoms with E-state index in [4.69, 9.17) is 0 Å². The third kappa shape index (κ3) is 5.49. The van der Waals surface area contributed by atoms with Gasteiger partial charge in [0.2, 0.25) is 15.9 Å². The molecule has 5 rings (SSSR count). The summed E-state index contributed by atoms with van der Waals surface area (Å²) in [6, 6.07) is 22.5. The molecule has 0 unspecified atom stereocenters. The molecule has 1 saturated carbocycles. The smallest absolute Gasteiger partial charge is 0.342 e. The molecule has 38 heavy (non-hydrogen) atoms. The van der Waals surface area contributed by atoms with Gasteiger partial charge in [0, 0.05) is 25.2 Å². The van der Waals surface area contributed by atoms with Crippen molar-refractivity contribution in [3.8, 4) is 0 Å². The van der Waals surface area contributed by atoms with E-state index in [-0.39, 0.29) is 22.9 Å². The van der Waals surface area contributed by atoms with Crippen molar-refractivity contribution >= 4 is 15.9 Å². The van der Waals surface area contributed by atoms with Crippen molar-refractivity contribution in [2.24, 2.45) is 0 Å². The third-order valence-electron chi connectivity index (χ3n) is 7.29. The molecule has 1 amide bonds. The average molecular weight is 543 g/mol. The second-order valence-corrected chi connectivity index (χ2v) is 11.7. The molecule has 2 aliphatic rings. The first-order chi connectivity index (χ1) is 18.2. The molecule has 0 aromatic heterocycles. The molecule has 1 saturated heterocycles. The number of likely N-dealkylation sites (tertiary alicyclic amines) is 1. The SMILES string of the molecule is O=C(C(c1ccccc1)c1ccccc1)N1CCC(N(C2CC2)S(=O)(=O)c2cccc(C(F)(F)F)c2)CC1. The number of carbonyl (C=O) groups is 1. The van der Waals surface area contributed by atoms with Crippen LogP contribution in [0, 0.1) is 0 Å². The van der Waals surface area contributed by atoms with Crippen LogP contribution in [0.15, 0.2) is 89.8 Å². The Kier molecular flexibility index (Phi) is 7.33. The van der Waals surface area contributed by atoms with Gasteiger partial charge in [-0.2, -0.15) is 17.5 Å². The summed E-state index contributed by atoms with van der Waals surface area (Å²) in [7, 11) is -4.13. The minimum Gasteiger partial charge on any atom is -0.342 e. The van der Waals surface area contributed by atoms with Crippen LogP contribution in [-0.4, -0.2) is 48.7 Å². The molecule has 0 radical (unpaired) electrons. The van der Waals surface area contributed by atoms with Gasteiger partial charge >= 0.3 is 6.18 Å². The molecule has 1 aliphatic carbocycles. The number of sulfonamides is 1. The van der Waals surface area contributed by atoms with Crippen molar-refractivity contribution in [2.75, 3.05) is 13.1 Å². The first-order valence-corrected chi connectivity index (χ1v) is 14.2. The largest absolute Gasteiger partial charge is 0.416 e. The summed E-state index contributed by atoms with van der Waals surface area (Å²) in [6.45, 7) is 0.752. The van der Waals surface area contributed by atoms with Gasteiger partial charge in [0.05, 0.1) is 16.4 Å². The molecule has 9 heteroatoms. The zero-order chi connectivity index (χ0) is 26.9. The van der Waals surface area contributed by atoms with Crippen LogP contribution >= 0.6 is 0 Å². The van der Waals surface area contributed by atoms with Crippen molar-refractivity contribution in [3.05, 3.63) is 102 Å². The minimum absolute atomic E-state index is 0.0421. The molecule has 1 aliphatic heterocycles. The Morgan fingerprint density at radius 2 is 1.32 bits per heavy atom. The van der Waals surface area contributed by atoms with Crippen LogP contribution in [0.25, 0.3) is 0 Å². The lowest BCUT2D eigenvalue weighted by Gasteiger charge is -2.39. The summed E-state index contributed by atoms with van der Waals surface area (Å²) in [5.41, 5.74) is 0.790. The van der Waals surface area contributed by atoms with Crippen LogP contribution in [0.2, 0.25) is 0 Å². The predicted octanol–water partition coefficient (Wildman–Crippen LogP) is 5.68. The fraction of sp³-hybridized carbons (Fsp3) is 0.345. The number of hydrogen-bond acceptors (Lipinski definition) is 3. The highest BCUT2D eigenvalue weighted by Gasteiger charge is 2.44. The maximum atomic E-state index is 13.8. The number of piperidine rings is 1. The van der Waals surface area contributed by atoms with Crippen LogP contribution in [0.4, 0.5) is 13.2 Å². The predicted molar refractivity (Wildman–Crippen MR) is 138 cm³/mol. The van der Waals surface area contributed by atoms with Gasteiger partial charge in [-0.3, -0.25) is 4.79 Å². The highest BCUT2D eigenvalue weighted by Crippen LogP contribution is 2.39. The maximum Gasteiger partial charge on any atom is 0.416 e. The van der Waals surface area contributed by atoms with E-state index in [0.717, 1.165) is 23.3 Å². The van der Waals surface area contributed by atoms with Crippen molar-refractivity contribution < 1.29 is 26.4 Å². The average Bonchev–Trinajstić information content (AvgIpc) is 3.75. The Morgan fingerprint density at radius 3 is 1.82 bits per heavy atom. The fourth-order valence-corrected chi connectivity index (χ4v) is 7.24. The number of benzene rings is 3. The van der Waals surface area contributed by atoms with Crippen molar-refractivity contribution in [3.63, 3.8) is 0 Å². The molecule has 5 nitrogen and oxygen atoms in total. The van der Waals surface area contributed by atoms with E-state index in [1.807, 2.05) is 60.7 Å². The van der Waals surface area contributed by atoms with E-state index >= 15 is 0 Å². The molecule has 0 N–H and O–H groups in total. The van der Waals surface area contributed by atoms with Gasteiger partial charge in [0.15, 0.2) is 0 Å². The fourth-order valence-electron chi connectivity index (χ4n) is 5.27. The number of halogens is 3. The molecule has 2 fully saturated rings. The van der Waals surface area contributed by atoms with Gasteiger partial charge in [-0.15, -0.1) is 0 Å². The standard InChI is InChI=1S/C29H29F3N2O3S/c30-29(31,32)23-12-7-13-26(20-23)38(36,37)34(24-14-15-24)25-16-18-33(19-17-25)28(35)27(21-8-3-1-4-9-21)22-10-5-2-6-11-22/h1-13,20,24-25,27H,14-19H2. The Balaban J connectivity index is 1.35. The van der Waals surface area contributed by atoms with Gasteiger partial charge < -0.3 is 4.90 Å². The first-order valence-electron chi connectivity index (χ1n) is 12.8. The molecule has 3 aromatic rings. The normalized spacial score (nSPS) is 17.2. The minimum atomic E-state index is -4.63. The summed E-state index contributed by atoms with van der Waals surface area (Å²) in [4.78, 5) is 15.2. The molecule has 0 spiro atoms. The number of nitrogens with zero attached hydrogens (tertiary/aromatic N) is 2. The lowest BCUT2D eigenvalue weighted by atomic mass is 9.89. The molecular weight excluding hydrogens is 513 g/mol. The molecule has 1 heterocycles. The van der Waals surface area contributed by atoms with Crippen LogP contribution in [0.3, 0.4) is 0 Å². The van der Waals surface area contributed by atoms with Gasteiger partial charge in [-0.05, 0) is 55.0 Å². The van der Waals surface area contributed by atoms with E-state index in [0.29, 0.717) is 44.8 Å². The maximum absolute atomic E-state index is 13.8. The van der Waals surface area contributed by atoms with Gasteiger partial charge in [0.25, 0.3) is 0 Å². The lowest BCUT2D eigenvalue weighted by Crippen LogP contribution is -2.50. The Bertz CT molecular complexity index is 1330. The first kappa shape index (κ1) is 26.4. The zero-order valence-corrected chi connectivity index (χ0v) is 21.5. The lowest BCUT2D eigenvalue weighted by molar-refractivity contribution is -0.137. The van der Waals surface area contributed by atoms with E-state index in [1.54, 1.807) is 4.90 Å². The number of rotatable bonds is 7. The van der Waals surface area contributed by atoms with Crippen molar-refractivity contribution in [1.82, 2.24) is 9.21 Å². The Hall–Kier alpha value is -3.17. The van der Waals surface area contributed by atoms with Crippen molar-refractivity contribution in [1.29, 1.82) is 0 Å². The quantitative estimate of drug-likeness (QED) is 0.386. The number of hydrogen-bond donors (Lipinski definition) is 0. The number of alkyl halides is 3. The highest BCUT2D eigenvalue weighted by atomic mass is 32.2. The second-order valence-electron chi connectivity index (χ2n) is 9.90. The molecular formula is C29H29F3N2O3S. The Morgan fingerprint density at radius 1 is 0.789 bits per heavy atom. The van der Waals surface area contributed by atoms with Crippen LogP contribution < -0.4 is 0 Å². The van der Waals surface area contributed by atoms with Gasteiger partial charge in [-0.1, -0.05) is 66.7 Å². The highest BCUT2D eigenvalue weighted by molar-refractivity contribution is 7.89. The van der Waals surface area contributed by atoms with Crippen LogP contribution in [0.1, 0.15) is 48.3 Å².